The fraction of sp³-hybridized carbons (Fsp3) is 0.385. The van der Waals surface area contributed by atoms with Crippen LogP contribution in [0, 0.1) is 0 Å². The van der Waals surface area contributed by atoms with E-state index in [0.717, 1.165) is 10.2 Å². The van der Waals surface area contributed by atoms with Gasteiger partial charge in [0.25, 0.3) is 0 Å². The molecule has 0 spiro atoms. The molecule has 1 N–H and O–H groups in total. The molecule has 0 unspecified atom stereocenters. The zero-order chi connectivity index (χ0) is 15.6. The fourth-order valence-corrected chi connectivity index (χ4v) is 3.02. The number of benzene rings is 1. The van der Waals surface area contributed by atoms with Crippen molar-refractivity contribution in [3.63, 3.8) is 0 Å². The summed E-state index contributed by atoms with van der Waals surface area (Å²) in [6, 6.07) is 6.53. The molecule has 0 aliphatic rings. The Morgan fingerprint density at radius 1 is 1.38 bits per heavy atom. The van der Waals surface area contributed by atoms with E-state index in [-0.39, 0.29) is 6.04 Å². The molecule has 0 fully saturated rings. The Labute approximate surface area is 122 Å². The van der Waals surface area contributed by atoms with Crippen molar-refractivity contribution in [2.75, 3.05) is 6.54 Å². The minimum atomic E-state index is -4.45. The second-order valence-corrected chi connectivity index (χ2v) is 5.71. The highest BCUT2D eigenvalue weighted by atomic mass is 32.1. The van der Waals surface area contributed by atoms with Crippen molar-refractivity contribution in [1.82, 2.24) is 9.88 Å². The molecule has 21 heavy (non-hydrogen) atoms. The van der Waals surface area contributed by atoms with E-state index >= 15 is 0 Å². The number of hydrogen-bond acceptors (Lipinski definition) is 2. The number of thiazole rings is 1. The monoisotopic (exact) mass is 317 g/mol. The van der Waals surface area contributed by atoms with Crippen molar-refractivity contribution in [2.24, 2.45) is 4.99 Å². The van der Waals surface area contributed by atoms with Crippen molar-refractivity contribution in [1.29, 1.82) is 0 Å². The van der Waals surface area contributed by atoms with Crippen molar-refractivity contribution in [3.8, 4) is 0 Å². The number of urea groups is 1. The summed E-state index contributed by atoms with van der Waals surface area (Å²) in [6.07, 6.45) is -4.45. The lowest BCUT2D eigenvalue weighted by atomic mass is 10.3. The summed E-state index contributed by atoms with van der Waals surface area (Å²) in [5.74, 6) is 0. The lowest BCUT2D eigenvalue weighted by Gasteiger charge is -2.09. The summed E-state index contributed by atoms with van der Waals surface area (Å²) in [6.45, 7) is 2.46. The number of nitrogens with one attached hydrogen (secondary N) is 1. The normalized spacial score (nSPS) is 13.1. The fourth-order valence-electron chi connectivity index (χ4n) is 1.87. The maximum Gasteiger partial charge on any atom is 0.405 e. The van der Waals surface area contributed by atoms with Gasteiger partial charge in [-0.15, -0.1) is 0 Å². The molecule has 0 saturated carbocycles. The Bertz CT molecular complexity index is 715. The second kappa shape index (κ2) is 5.88. The molecule has 0 atom stereocenters. The average Bonchev–Trinajstić information content (AvgIpc) is 2.73. The Morgan fingerprint density at radius 2 is 2.05 bits per heavy atom. The number of carbonyl (C=O) groups excluding carboxylic acids is 1. The van der Waals surface area contributed by atoms with Gasteiger partial charge in [-0.05, 0) is 26.0 Å². The first kappa shape index (κ1) is 15.6. The highest BCUT2D eigenvalue weighted by Gasteiger charge is 2.27. The van der Waals surface area contributed by atoms with Gasteiger partial charge < -0.3 is 9.88 Å². The SMILES string of the molecule is CC(C)n1c(=NC(=O)NCC(F)(F)F)sc2ccccc21. The van der Waals surface area contributed by atoms with E-state index in [2.05, 4.69) is 4.99 Å². The van der Waals surface area contributed by atoms with Crippen molar-refractivity contribution >= 4 is 27.6 Å². The predicted octanol–water partition coefficient (Wildman–Crippen LogP) is 3.46. The topological polar surface area (TPSA) is 46.4 Å². The second-order valence-electron chi connectivity index (χ2n) is 4.70. The number of hydrogen-bond donors (Lipinski definition) is 1. The number of carbonyl (C=O) groups is 1. The van der Waals surface area contributed by atoms with Gasteiger partial charge in [-0.3, -0.25) is 0 Å². The summed E-state index contributed by atoms with van der Waals surface area (Å²) in [5.41, 5.74) is 0.903. The highest BCUT2D eigenvalue weighted by Crippen LogP contribution is 2.20. The Hall–Kier alpha value is -1.83. The van der Waals surface area contributed by atoms with Gasteiger partial charge in [0.1, 0.15) is 6.54 Å². The van der Waals surface area contributed by atoms with Gasteiger partial charge >= 0.3 is 12.2 Å². The van der Waals surface area contributed by atoms with E-state index in [1.54, 1.807) is 5.32 Å². The minimum absolute atomic E-state index is 0.0373. The smallest absolute Gasteiger partial charge is 0.327 e. The van der Waals surface area contributed by atoms with Gasteiger partial charge in [0.15, 0.2) is 4.80 Å². The molecular formula is C13H14F3N3OS. The molecule has 1 heterocycles. The molecule has 114 valence electrons. The van der Waals surface area contributed by atoms with Crippen LogP contribution in [0.2, 0.25) is 0 Å². The molecular weight excluding hydrogens is 303 g/mol. The average molecular weight is 317 g/mol. The van der Waals surface area contributed by atoms with E-state index in [1.165, 1.54) is 11.3 Å². The van der Waals surface area contributed by atoms with E-state index < -0.39 is 18.8 Å². The maximum absolute atomic E-state index is 12.1. The van der Waals surface area contributed by atoms with Crippen molar-refractivity contribution in [3.05, 3.63) is 29.1 Å². The number of nitrogens with zero attached hydrogens (tertiary/aromatic N) is 2. The summed E-state index contributed by atoms with van der Waals surface area (Å²) in [4.78, 5) is 15.7. The zero-order valence-corrected chi connectivity index (χ0v) is 12.3. The van der Waals surface area contributed by atoms with E-state index in [1.807, 2.05) is 42.7 Å². The predicted molar refractivity (Wildman–Crippen MR) is 75.2 cm³/mol. The van der Waals surface area contributed by atoms with Crippen LogP contribution in [0.5, 0.6) is 0 Å². The van der Waals surface area contributed by atoms with Crippen LogP contribution in [0.3, 0.4) is 0 Å². The highest BCUT2D eigenvalue weighted by molar-refractivity contribution is 7.16. The minimum Gasteiger partial charge on any atom is -0.327 e. The van der Waals surface area contributed by atoms with Gasteiger partial charge in [0, 0.05) is 6.04 Å². The number of alkyl halides is 3. The first-order valence-electron chi connectivity index (χ1n) is 6.27. The Balaban J connectivity index is 2.39. The molecule has 1 aromatic heterocycles. The van der Waals surface area contributed by atoms with E-state index in [9.17, 15) is 18.0 Å². The molecule has 2 aromatic rings. The molecule has 0 aliphatic carbocycles. The largest absolute Gasteiger partial charge is 0.405 e. The lowest BCUT2D eigenvalue weighted by Crippen LogP contribution is -2.33. The molecule has 0 radical (unpaired) electrons. The van der Waals surface area contributed by atoms with Gasteiger partial charge in [-0.2, -0.15) is 18.2 Å². The Morgan fingerprint density at radius 3 is 2.67 bits per heavy atom. The third-order valence-electron chi connectivity index (χ3n) is 2.69. The van der Waals surface area contributed by atoms with Gasteiger partial charge in [0.2, 0.25) is 0 Å². The van der Waals surface area contributed by atoms with Gasteiger partial charge in [0.05, 0.1) is 10.2 Å². The molecule has 0 aliphatic heterocycles. The van der Waals surface area contributed by atoms with Crippen molar-refractivity contribution in [2.45, 2.75) is 26.1 Å². The van der Waals surface area contributed by atoms with E-state index in [4.69, 9.17) is 0 Å². The first-order valence-corrected chi connectivity index (χ1v) is 7.09. The number of halogens is 3. The van der Waals surface area contributed by atoms with Crippen LogP contribution in [-0.4, -0.2) is 23.3 Å². The number of rotatable bonds is 2. The van der Waals surface area contributed by atoms with Crippen LogP contribution in [0.15, 0.2) is 29.3 Å². The van der Waals surface area contributed by atoms with Crippen LogP contribution >= 0.6 is 11.3 Å². The van der Waals surface area contributed by atoms with Crippen LogP contribution in [-0.2, 0) is 0 Å². The van der Waals surface area contributed by atoms with Gasteiger partial charge in [-0.25, -0.2) is 4.79 Å². The number of para-hydroxylation sites is 1. The standard InChI is InChI=1S/C13H14F3N3OS/c1-8(2)19-9-5-3-4-6-10(9)21-12(19)18-11(20)17-7-13(14,15)16/h3-6,8H,7H2,1-2H3,(H,17,20). The summed E-state index contributed by atoms with van der Waals surface area (Å²) < 4.78 is 39.0. The van der Waals surface area contributed by atoms with Crippen LogP contribution in [0.4, 0.5) is 18.0 Å². The number of fused-ring (bicyclic) bond motifs is 1. The molecule has 2 amide bonds. The van der Waals surface area contributed by atoms with Crippen LogP contribution < -0.4 is 10.1 Å². The lowest BCUT2D eigenvalue weighted by molar-refractivity contribution is -0.122. The number of amides is 2. The first-order chi connectivity index (χ1) is 9.78. The van der Waals surface area contributed by atoms with E-state index in [0.29, 0.717) is 4.80 Å². The Kier molecular flexibility index (Phi) is 4.36. The maximum atomic E-state index is 12.1. The molecule has 8 heteroatoms. The third-order valence-corrected chi connectivity index (χ3v) is 3.72. The molecule has 0 bridgehead atoms. The van der Waals surface area contributed by atoms with Crippen LogP contribution in [0.25, 0.3) is 10.2 Å². The zero-order valence-electron chi connectivity index (χ0n) is 11.4. The molecule has 2 rings (SSSR count). The summed E-state index contributed by atoms with van der Waals surface area (Å²) >= 11 is 1.27. The van der Waals surface area contributed by atoms with Gasteiger partial charge in [-0.1, -0.05) is 23.5 Å². The molecule has 1 aromatic carbocycles. The third kappa shape index (κ3) is 3.84. The van der Waals surface area contributed by atoms with Crippen molar-refractivity contribution < 1.29 is 18.0 Å². The van der Waals surface area contributed by atoms with Crippen LogP contribution in [0.1, 0.15) is 19.9 Å². The quantitative estimate of drug-likeness (QED) is 0.906. The molecule has 0 saturated heterocycles. The molecule has 4 nitrogen and oxygen atoms in total. The number of aromatic nitrogens is 1. The summed E-state index contributed by atoms with van der Waals surface area (Å²) in [7, 11) is 0. The summed E-state index contributed by atoms with van der Waals surface area (Å²) in [5, 5.41) is 1.74.